The highest BCUT2D eigenvalue weighted by atomic mass is 32.1. The molecule has 0 aromatic heterocycles. The van der Waals surface area contributed by atoms with Gasteiger partial charge in [0.15, 0.2) is 16.2 Å². The second-order valence-corrected chi connectivity index (χ2v) is 15.2. The Morgan fingerprint density at radius 2 is 0.894 bits per heavy atom. The predicted octanol–water partition coefficient (Wildman–Crippen LogP) is 11.9. The molecule has 1 rings (SSSR count). The van der Waals surface area contributed by atoms with Crippen molar-refractivity contribution >= 4 is 34.5 Å². The summed E-state index contributed by atoms with van der Waals surface area (Å²) in [4.78, 5) is 0. The minimum Gasteiger partial charge on any atom is -0.483 e. The van der Waals surface area contributed by atoms with Crippen molar-refractivity contribution < 1.29 is 24.4 Å². The van der Waals surface area contributed by atoms with E-state index in [1.54, 1.807) is 0 Å². The second kappa shape index (κ2) is 32.8. The van der Waals surface area contributed by atoms with E-state index in [4.69, 9.17) is 38.6 Å². The Kier molecular flexibility index (Phi) is 31.2. The lowest BCUT2D eigenvalue weighted by Gasteiger charge is -2.27. The summed E-state index contributed by atoms with van der Waals surface area (Å²) in [5.41, 5.74) is 0. The van der Waals surface area contributed by atoms with Gasteiger partial charge in [0, 0.05) is 12.8 Å². The molecular weight excluding hydrogens is 625 g/mol. The molecule has 1 fully saturated rings. The second-order valence-electron chi connectivity index (χ2n) is 14.3. The lowest BCUT2D eigenvalue weighted by Crippen LogP contribution is -2.43. The molecule has 0 aromatic rings. The summed E-state index contributed by atoms with van der Waals surface area (Å²) in [7, 11) is 0. The normalized spacial score (nSPS) is 18.4. The van der Waals surface area contributed by atoms with Crippen LogP contribution < -0.4 is 0 Å². The van der Waals surface area contributed by atoms with Gasteiger partial charge in [0.25, 0.3) is 0 Å². The summed E-state index contributed by atoms with van der Waals surface area (Å²) in [5.74, 6) is 0. The van der Waals surface area contributed by atoms with Crippen LogP contribution in [0, 0.1) is 0 Å². The monoisotopic (exact) mass is 701 g/mol. The van der Waals surface area contributed by atoms with Gasteiger partial charge < -0.3 is 24.4 Å². The van der Waals surface area contributed by atoms with E-state index in [0.717, 1.165) is 25.7 Å². The van der Waals surface area contributed by atoms with Crippen LogP contribution in [0.5, 0.6) is 0 Å². The Hall–Kier alpha value is -0.340. The summed E-state index contributed by atoms with van der Waals surface area (Å²) >= 11 is 11.1. The Bertz CT molecular complexity index is 721. The molecule has 2 N–H and O–H groups in total. The highest BCUT2D eigenvalue weighted by Crippen LogP contribution is 2.22. The third-order valence-electron chi connectivity index (χ3n) is 9.72. The Labute approximate surface area is 302 Å². The van der Waals surface area contributed by atoms with Gasteiger partial charge in [0.2, 0.25) is 0 Å². The van der Waals surface area contributed by atoms with Gasteiger partial charge in [-0.25, -0.2) is 0 Å². The molecule has 0 amide bonds. The maximum absolute atomic E-state index is 10.5. The molecule has 1 heterocycles. The average Bonchev–Trinajstić information content (AvgIpc) is 3.40. The maximum Gasteiger partial charge on any atom is 0.162 e. The number of aliphatic hydroxyl groups excluding tert-OH is 2. The molecular formula is C40H76O5S2. The Morgan fingerprint density at radius 1 is 0.553 bits per heavy atom. The molecule has 0 aliphatic carbocycles. The molecule has 7 heteroatoms. The molecule has 0 spiro atoms. The first kappa shape index (κ1) is 44.7. The van der Waals surface area contributed by atoms with Crippen LogP contribution in [0.2, 0.25) is 0 Å². The molecule has 4 atom stereocenters. The molecule has 0 bridgehead atoms. The molecule has 47 heavy (non-hydrogen) atoms. The Morgan fingerprint density at radius 3 is 1.23 bits per heavy atom. The quantitative estimate of drug-likeness (QED) is 0.0511. The number of aliphatic hydroxyl groups is 2. The smallest absolute Gasteiger partial charge is 0.162 e. The zero-order valence-electron chi connectivity index (χ0n) is 30.9. The van der Waals surface area contributed by atoms with Crippen LogP contribution >= 0.6 is 24.4 Å². The van der Waals surface area contributed by atoms with E-state index >= 15 is 0 Å². The standard InChI is InChI=1S/C40H76O5S2/c1-3-5-7-9-11-13-15-17-19-21-23-25-27-29-31-37(46)43-34-36(40-39(42)35(41)33-44-40)45-38(47)32-30-28-26-24-22-20-18-16-14-12-10-8-6-4-2/h35-36,39-42H,3-34H2,1-2H3/t35-,36+,39+,40+/m1/s1. The fraction of sp³-hybridized carbons (Fsp3) is 0.950. The SMILES string of the molecule is CCCCCCCCCCCCCCCCC(=S)OC[C@H](OC(=S)CCCCCCCCCCCCCCCC)[C@@H]1OC[C@@H](O)[C@@H]1O. The number of rotatable bonds is 34. The summed E-state index contributed by atoms with van der Waals surface area (Å²) < 4.78 is 17.7. The molecule has 5 nitrogen and oxygen atoms in total. The predicted molar refractivity (Wildman–Crippen MR) is 208 cm³/mol. The minimum atomic E-state index is -1.02. The topological polar surface area (TPSA) is 68.2 Å². The third kappa shape index (κ3) is 26.2. The molecule has 1 saturated heterocycles. The van der Waals surface area contributed by atoms with Crippen LogP contribution in [-0.4, -0.2) is 57.9 Å². The molecule has 278 valence electrons. The van der Waals surface area contributed by atoms with E-state index in [1.807, 2.05) is 0 Å². The molecule has 0 radical (unpaired) electrons. The van der Waals surface area contributed by atoms with Crippen LogP contribution in [0.1, 0.15) is 206 Å². The van der Waals surface area contributed by atoms with Gasteiger partial charge >= 0.3 is 0 Å². The van der Waals surface area contributed by atoms with Gasteiger partial charge in [0.1, 0.15) is 24.9 Å². The largest absolute Gasteiger partial charge is 0.483 e. The lowest BCUT2D eigenvalue weighted by molar-refractivity contribution is -0.0600. The summed E-state index contributed by atoms with van der Waals surface area (Å²) in [5, 5.41) is 21.6. The van der Waals surface area contributed by atoms with Crippen LogP contribution in [0.4, 0.5) is 0 Å². The first-order chi connectivity index (χ1) is 23.0. The number of ether oxygens (including phenoxy) is 3. The minimum absolute atomic E-state index is 0.0842. The highest BCUT2D eigenvalue weighted by Gasteiger charge is 2.41. The average molecular weight is 701 g/mol. The van der Waals surface area contributed by atoms with Crippen LogP contribution in [0.3, 0.4) is 0 Å². The zero-order valence-corrected chi connectivity index (χ0v) is 32.5. The number of hydrogen-bond donors (Lipinski definition) is 2. The molecule has 0 unspecified atom stereocenters. The van der Waals surface area contributed by atoms with E-state index in [1.165, 1.54) is 161 Å². The molecule has 0 saturated carbocycles. The van der Waals surface area contributed by atoms with Crippen molar-refractivity contribution in [2.75, 3.05) is 13.2 Å². The first-order valence-electron chi connectivity index (χ1n) is 20.3. The highest BCUT2D eigenvalue weighted by molar-refractivity contribution is 7.80. The van der Waals surface area contributed by atoms with Crippen molar-refractivity contribution in [2.24, 2.45) is 0 Å². The van der Waals surface area contributed by atoms with Gasteiger partial charge in [-0.2, -0.15) is 0 Å². The molecule has 0 aromatic carbocycles. The van der Waals surface area contributed by atoms with Crippen molar-refractivity contribution in [3.05, 3.63) is 0 Å². The third-order valence-corrected chi connectivity index (χ3v) is 10.3. The van der Waals surface area contributed by atoms with Crippen molar-refractivity contribution in [1.82, 2.24) is 0 Å². The van der Waals surface area contributed by atoms with E-state index in [-0.39, 0.29) is 13.2 Å². The van der Waals surface area contributed by atoms with Crippen LogP contribution in [0.15, 0.2) is 0 Å². The van der Waals surface area contributed by atoms with E-state index in [9.17, 15) is 10.2 Å². The first-order valence-corrected chi connectivity index (χ1v) is 21.1. The number of thiocarbonyl (C=S) groups is 2. The van der Waals surface area contributed by atoms with Crippen molar-refractivity contribution in [3.63, 3.8) is 0 Å². The van der Waals surface area contributed by atoms with Gasteiger partial charge in [0.05, 0.1) is 6.61 Å². The number of unbranched alkanes of at least 4 members (excludes halogenated alkanes) is 26. The summed E-state index contributed by atoms with van der Waals surface area (Å²) in [6, 6.07) is 0. The molecule has 1 aliphatic rings. The fourth-order valence-electron chi connectivity index (χ4n) is 6.55. The van der Waals surface area contributed by atoms with Crippen molar-refractivity contribution in [2.45, 2.75) is 231 Å². The molecule has 1 aliphatic heterocycles. The van der Waals surface area contributed by atoms with Crippen LogP contribution in [0.25, 0.3) is 0 Å². The van der Waals surface area contributed by atoms with E-state index < -0.39 is 24.4 Å². The zero-order chi connectivity index (χ0) is 34.2. The lowest BCUT2D eigenvalue weighted by atomic mass is 10.0. The van der Waals surface area contributed by atoms with Gasteiger partial charge in [-0.05, 0) is 37.3 Å². The van der Waals surface area contributed by atoms with Gasteiger partial charge in [-0.15, -0.1) is 0 Å². The maximum atomic E-state index is 10.5. The van der Waals surface area contributed by atoms with Crippen molar-refractivity contribution in [1.29, 1.82) is 0 Å². The Balaban J connectivity index is 2.12. The van der Waals surface area contributed by atoms with E-state index in [2.05, 4.69) is 13.8 Å². The summed E-state index contributed by atoms with van der Waals surface area (Å²) in [6.45, 7) is 4.81. The van der Waals surface area contributed by atoms with Gasteiger partial charge in [-0.1, -0.05) is 181 Å². The fourth-order valence-corrected chi connectivity index (χ4v) is 7.03. The number of hydrogen-bond acceptors (Lipinski definition) is 7. The van der Waals surface area contributed by atoms with E-state index in [0.29, 0.717) is 16.5 Å². The summed E-state index contributed by atoms with van der Waals surface area (Å²) in [6.07, 6.45) is 35.3. The van der Waals surface area contributed by atoms with Crippen LogP contribution in [-0.2, 0) is 14.2 Å². The van der Waals surface area contributed by atoms with Gasteiger partial charge in [-0.3, -0.25) is 0 Å². The van der Waals surface area contributed by atoms with Crippen molar-refractivity contribution in [3.8, 4) is 0 Å².